The second-order valence-electron chi connectivity index (χ2n) is 5.52. The first-order valence-corrected chi connectivity index (χ1v) is 7.54. The molecule has 3 rings (SSSR count). The Balaban J connectivity index is 1.81. The van der Waals surface area contributed by atoms with E-state index in [0.717, 1.165) is 36.9 Å². The number of hydrogen-bond acceptors (Lipinski definition) is 5. The number of nitrogen functional groups attached to an aromatic ring is 1. The van der Waals surface area contributed by atoms with Crippen LogP contribution in [0.15, 0.2) is 28.8 Å². The maximum atomic E-state index is 5.96. The fourth-order valence-electron chi connectivity index (χ4n) is 3.02. The van der Waals surface area contributed by atoms with Gasteiger partial charge in [-0.15, -0.1) is 0 Å². The molecule has 1 heterocycles. The monoisotopic (exact) mass is 287 g/mol. The second kappa shape index (κ2) is 5.85. The molecule has 2 N–H and O–H groups in total. The summed E-state index contributed by atoms with van der Waals surface area (Å²) in [6, 6.07) is 7.74. The van der Waals surface area contributed by atoms with Crippen LogP contribution in [0.2, 0.25) is 0 Å². The number of nitrogens with zero attached hydrogens (tertiary/aromatic N) is 2. The van der Waals surface area contributed by atoms with Crippen LogP contribution in [0.25, 0.3) is 0 Å². The fourth-order valence-corrected chi connectivity index (χ4v) is 3.02. The predicted octanol–water partition coefficient (Wildman–Crippen LogP) is 3.05. The van der Waals surface area contributed by atoms with Gasteiger partial charge < -0.3 is 15.0 Å². The van der Waals surface area contributed by atoms with Gasteiger partial charge in [-0.25, -0.2) is 0 Å². The number of nitrogens with two attached hydrogens (primary N) is 1. The van der Waals surface area contributed by atoms with Crippen molar-refractivity contribution in [3.63, 3.8) is 0 Å². The van der Waals surface area contributed by atoms with Crippen molar-refractivity contribution in [3.05, 3.63) is 41.5 Å². The lowest BCUT2D eigenvalue weighted by atomic mass is 10.0. The van der Waals surface area contributed by atoms with Gasteiger partial charge in [-0.1, -0.05) is 23.4 Å². The molecule has 2 aromatic rings. The molecule has 0 spiro atoms. The Bertz CT molecular complexity index is 603. The molecule has 1 aliphatic rings. The first-order chi connectivity index (χ1) is 10.2. The zero-order valence-electron chi connectivity index (χ0n) is 12.3. The lowest BCUT2D eigenvalue weighted by Crippen LogP contribution is -2.27. The molecular weight excluding hydrogens is 266 g/mol. The van der Waals surface area contributed by atoms with E-state index in [9.17, 15) is 0 Å². The average molecular weight is 287 g/mol. The Hall–Kier alpha value is -1.88. The molecule has 1 fully saturated rings. The van der Waals surface area contributed by atoms with Gasteiger partial charge >= 0.3 is 0 Å². The van der Waals surface area contributed by atoms with Crippen molar-refractivity contribution in [2.24, 2.45) is 0 Å². The third-order valence-electron chi connectivity index (χ3n) is 4.10. The largest absolute Gasteiger partial charge is 0.398 e. The van der Waals surface area contributed by atoms with E-state index >= 15 is 0 Å². The minimum absolute atomic E-state index is 0.348. The quantitative estimate of drug-likeness (QED) is 0.855. The highest BCUT2D eigenvalue weighted by atomic mass is 16.5. The van der Waals surface area contributed by atoms with Crippen LogP contribution in [0.3, 0.4) is 0 Å². The molecule has 1 saturated carbocycles. The Morgan fingerprint density at radius 1 is 1.29 bits per heavy atom. The molecule has 0 saturated heterocycles. The summed E-state index contributed by atoms with van der Waals surface area (Å²) in [7, 11) is 0. The van der Waals surface area contributed by atoms with E-state index in [2.05, 4.69) is 10.1 Å². The summed E-state index contributed by atoms with van der Waals surface area (Å²) in [5.74, 6) is 1.28. The Kier molecular flexibility index (Phi) is 3.92. The van der Waals surface area contributed by atoms with E-state index < -0.39 is 0 Å². The third-order valence-corrected chi connectivity index (χ3v) is 4.10. The number of para-hydroxylation sites is 1. The van der Waals surface area contributed by atoms with Gasteiger partial charge in [0.15, 0.2) is 0 Å². The molecule has 0 amide bonds. The number of rotatable bonds is 5. The highest BCUT2D eigenvalue weighted by Gasteiger charge is 2.40. The smallest absolute Gasteiger partial charge is 0.231 e. The highest BCUT2D eigenvalue weighted by molar-refractivity contribution is 5.47. The van der Waals surface area contributed by atoms with Crippen molar-refractivity contribution in [1.82, 2.24) is 10.1 Å². The number of hydrogen-bond donors (Lipinski definition) is 1. The third kappa shape index (κ3) is 2.78. The molecule has 21 heavy (non-hydrogen) atoms. The van der Waals surface area contributed by atoms with E-state index in [0.29, 0.717) is 24.7 Å². The molecule has 0 atom stereocenters. The first kappa shape index (κ1) is 14.1. The average Bonchev–Trinajstić information content (AvgIpc) is 3.12. The van der Waals surface area contributed by atoms with Crippen LogP contribution in [0.4, 0.5) is 5.69 Å². The lowest BCUT2D eigenvalue weighted by molar-refractivity contribution is -0.0469. The van der Waals surface area contributed by atoms with Gasteiger partial charge in [0.1, 0.15) is 5.60 Å². The number of benzene rings is 1. The van der Waals surface area contributed by atoms with E-state index in [4.69, 9.17) is 15.0 Å². The standard InChI is InChI=1S/C16H21N3O2/c1-2-20-16(9-5-6-10-16)15-18-14(21-19-15)11-12-7-3-4-8-13(12)17/h3-4,7-8H,2,5-6,9-11,17H2,1H3. The normalized spacial score (nSPS) is 17.2. The molecule has 5 nitrogen and oxygen atoms in total. The first-order valence-electron chi connectivity index (χ1n) is 7.54. The highest BCUT2D eigenvalue weighted by Crippen LogP contribution is 2.40. The van der Waals surface area contributed by atoms with Crippen molar-refractivity contribution in [3.8, 4) is 0 Å². The van der Waals surface area contributed by atoms with E-state index in [1.165, 1.54) is 0 Å². The van der Waals surface area contributed by atoms with E-state index in [1.54, 1.807) is 0 Å². The van der Waals surface area contributed by atoms with Crippen molar-refractivity contribution in [1.29, 1.82) is 0 Å². The molecule has 112 valence electrons. The zero-order chi connectivity index (χ0) is 14.7. The molecular formula is C16H21N3O2. The summed E-state index contributed by atoms with van der Waals surface area (Å²) in [5.41, 5.74) is 7.36. The minimum atomic E-state index is -0.348. The summed E-state index contributed by atoms with van der Waals surface area (Å²) in [5, 5.41) is 4.16. The van der Waals surface area contributed by atoms with E-state index in [-0.39, 0.29) is 5.60 Å². The van der Waals surface area contributed by atoms with Gasteiger partial charge in [0.25, 0.3) is 0 Å². The fraction of sp³-hybridized carbons (Fsp3) is 0.500. The van der Waals surface area contributed by atoms with Crippen molar-refractivity contribution < 1.29 is 9.26 Å². The van der Waals surface area contributed by atoms with Crippen molar-refractivity contribution in [2.45, 2.75) is 44.6 Å². The van der Waals surface area contributed by atoms with Crippen molar-refractivity contribution in [2.75, 3.05) is 12.3 Å². The molecule has 0 bridgehead atoms. The van der Waals surface area contributed by atoms with E-state index in [1.807, 2.05) is 31.2 Å². The summed E-state index contributed by atoms with van der Waals surface area (Å²) in [4.78, 5) is 4.56. The van der Waals surface area contributed by atoms with Gasteiger partial charge in [-0.05, 0) is 44.2 Å². The summed E-state index contributed by atoms with van der Waals surface area (Å²) in [6.45, 7) is 2.67. The molecule has 1 aromatic heterocycles. The number of aromatic nitrogens is 2. The Morgan fingerprint density at radius 3 is 2.76 bits per heavy atom. The topological polar surface area (TPSA) is 74.2 Å². The van der Waals surface area contributed by atoms with Crippen molar-refractivity contribution >= 4 is 5.69 Å². The van der Waals surface area contributed by atoms with Gasteiger partial charge in [-0.2, -0.15) is 4.98 Å². The van der Waals surface area contributed by atoms with Crippen LogP contribution in [0.5, 0.6) is 0 Å². The maximum absolute atomic E-state index is 5.96. The SMILES string of the molecule is CCOC1(c2noc(Cc3ccccc3N)n2)CCCC1. The molecule has 1 aliphatic carbocycles. The molecule has 0 aliphatic heterocycles. The van der Waals surface area contributed by atoms with Crippen LogP contribution < -0.4 is 5.73 Å². The van der Waals surface area contributed by atoms with Crippen LogP contribution in [0.1, 0.15) is 49.9 Å². The van der Waals surface area contributed by atoms with Crippen LogP contribution in [-0.4, -0.2) is 16.7 Å². The van der Waals surface area contributed by atoms with Gasteiger partial charge in [0, 0.05) is 12.3 Å². The number of ether oxygens (including phenoxy) is 1. The molecule has 1 aromatic carbocycles. The van der Waals surface area contributed by atoms with Crippen LogP contribution in [-0.2, 0) is 16.8 Å². The lowest BCUT2D eigenvalue weighted by Gasteiger charge is -2.24. The number of anilines is 1. The Morgan fingerprint density at radius 2 is 2.05 bits per heavy atom. The summed E-state index contributed by atoms with van der Waals surface area (Å²) >= 11 is 0. The van der Waals surface area contributed by atoms with Crippen LogP contribution >= 0.6 is 0 Å². The maximum Gasteiger partial charge on any atom is 0.231 e. The summed E-state index contributed by atoms with van der Waals surface area (Å²) < 4.78 is 11.4. The zero-order valence-corrected chi connectivity index (χ0v) is 12.3. The Labute approximate surface area is 124 Å². The van der Waals surface area contributed by atoms with Crippen LogP contribution in [0, 0.1) is 0 Å². The molecule has 0 unspecified atom stereocenters. The summed E-state index contributed by atoms with van der Waals surface area (Å²) in [6.07, 6.45) is 4.79. The molecule has 5 heteroatoms. The molecule has 0 radical (unpaired) electrons. The van der Waals surface area contributed by atoms with Gasteiger partial charge in [0.2, 0.25) is 11.7 Å². The second-order valence-corrected chi connectivity index (χ2v) is 5.52. The predicted molar refractivity (Wildman–Crippen MR) is 79.7 cm³/mol. The van der Waals surface area contributed by atoms with Gasteiger partial charge in [0.05, 0.1) is 6.42 Å². The minimum Gasteiger partial charge on any atom is -0.398 e. The van der Waals surface area contributed by atoms with Gasteiger partial charge in [-0.3, -0.25) is 0 Å².